The van der Waals surface area contributed by atoms with Gasteiger partial charge in [0.15, 0.2) is 0 Å². The van der Waals surface area contributed by atoms with E-state index in [1.807, 2.05) is 54.8 Å². The van der Waals surface area contributed by atoms with E-state index in [-0.39, 0.29) is 18.6 Å². The molecule has 3 aromatic rings. The third kappa shape index (κ3) is 3.35. The van der Waals surface area contributed by atoms with E-state index in [0.717, 1.165) is 53.1 Å². The van der Waals surface area contributed by atoms with Crippen LogP contribution < -0.4 is 5.32 Å². The van der Waals surface area contributed by atoms with Crippen LogP contribution in [0.25, 0.3) is 11.0 Å². The average molecular weight is 349 g/mol. The summed E-state index contributed by atoms with van der Waals surface area (Å²) in [6, 6.07) is 14.0. The monoisotopic (exact) mass is 349 g/mol. The maximum absolute atomic E-state index is 12.7. The number of ether oxygens (including phenoxy) is 1. The van der Waals surface area contributed by atoms with Gasteiger partial charge in [-0.15, -0.1) is 0 Å². The number of para-hydroxylation sites is 2. The molecule has 1 aliphatic rings. The second-order valence-corrected chi connectivity index (χ2v) is 6.97. The first-order valence-corrected chi connectivity index (χ1v) is 9.05. The number of aromatic nitrogens is 2. The molecular formula is C21H23N3O2. The molecule has 1 unspecified atom stereocenters. The predicted octanol–water partition coefficient (Wildman–Crippen LogP) is 4.14. The first-order valence-electron chi connectivity index (χ1n) is 9.05. The zero-order chi connectivity index (χ0) is 18.1. The van der Waals surface area contributed by atoms with Crippen molar-refractivity contribution in [3.63, 3.8) is 0 Å². The van der Waals surface area contributed by atoms with Crippen molar-refractivity contribution in [3.05, 3.63) is 59.4 Å². The minimum absolute atomic E-state index is 0.0311. The van der Waals surface area contributed by atoms with Gasteiger partial charge in [0.05, 0.1) is 11.0 Å². The molecule has 2 aromatic carbocycles. The number of rotatable bonds is 4. The van der Waals surface area contributed by atoms with Crippen LogP contribution in [-0.4, -0.2) is 22.1 Å². The highest BCUT2D eigenvalue weighted by Crippen LogP contribution is 2.30. The topological polar surface area (TPSA) is 56.2 Å². The summed E-state index contributed by atoms with van der Waals surface area (Å²) in [6.45, 7) is 5.04. The van der Waals surface area contributed by atoms with Gasteiger partial charge in [-0.25, -0.2) is 4.98 Å². The predicted molar refractivity (Wildman–Crippen MR) is 102 cm³/mol. The fraction of sp³-hybridized carbons (Fsp3) is 0.333. The number of fused-ring (bicyclic) bond motifs is 1. The fourth-order valence-electron chi connectivity index (χ4n) is 3.68. The highest BCUT2D eigenvalue weighted by atomic mass is 16.5. The number of nitrogens with one attached hydrogen (secondary N) is 1. The Balaban J connectivity index is 1.63. The van der Waals surface area contributed by atoms with Crippen LogP contribution in [0.5, 0.6) is 0 Å². The molecule has 4 rings (SSSR count). The smallest absolute Gasteiger partial charge is 0.244 e. The minimum atomic E-state index is -0.0580. The van der Waals surface area contributed by atoms with Crippen LogP contribution in [0.3, 0.4) is 0 Å². The Morgan fingerprint density at radius 2 is 2.00 bits per heavy atom. The Kier molecular flexibility index (Phi) is 4.47. The van der Waals surface area contributed by atoms with Gasteiger partial charge >= 0.3 is 0 Å². The number of anilines is 1. The highest BCUT2D eigenvalue weighted by Gasteiger charge is 2.25. The molecule has 0 spiro atoms. The number of benzene rings is 2. The Hall–Kier alpha value is -2.66. The van der Waals surface area contributed by atoms with Crippen molar-refractivity contribution in [2.24, 2.45) is 0 Å². The summed E-state index contributed by atoms with van der Waals surface area (Å²) in [5.41, 5.74) is 4.96. The largest absolute Gasteiger partial charge is 0.370 e. The summed E-state index contributed by atoms with van der Waals surface area (Å²) in [6.07, 6.45) is 1.95. The SMILES string of the molecule is Cc1cc(C)cc(NC(=O)Cn2c(C3CCCO3)nc3ccccc32)c1. The summed E-state index contributed by atoms with van der Waals surface area (Å²) in [5, 5.41) is 3.02. The zero-order valence-electron chi connectivity index (χ0n) is 15.2. The number of carbonyl (C=O) groups is 1. The Morgan fingerprint density at radius 1 is 1.23 bits per heavy atom. The van der Waals surface area contributed by atoms with E-state index >= 15 is 0 Å². The van der Waals surface area contributed by atoms with Gasteiger partial charge in [-0.05, 0) is 62.1 Å². The molecule has 0 saturated carbocycles. The highest BCUT2D eigenvalue weighted by molar-refractivity contribution is 5.92. The van der Waals surface area contributed by atoms with Crippen molar-refractivity contribution in [2.75, 3.05) is 11.9 Å². The van der Waals surface area contributed by atoms with E-state index in [1.54, 1.807) is 0 Å². The Morgan fingerprint density at radius 3 is 2.73 bits per heavy atom. The molecule has 1 fully saturated rings. The van der Waals surface area contributed by atoms with Gasteiger partial charge in [-0.1, -0.05) is 18.2 Å². The normalized spacial score (nSPS) is 16.9. The maximum Gasteiger partial charge on any atom is 0.244 e. The fourth-order valence-corrected chi connectivity index (χ4v) is 3.68. The number of aryl methyl sites for hydroxylation is 2. The van der Waals surface area contributed by atoms with Crippen molar-refractivity contribution >= 4 is 22.6 Å². The van der Waals surface area contributed by atoms with Gasteiger partial charge in [-0.3, -0.25) is 4.79 Å². The van der Waals surface area contributed by atoms with Crippen LogP contribution >= 0.6 is 0 Å². The van der Waals surface area contributed by atoms with Crippen molar-refractivity contribution in [2.45, 2.75) is 39.3 Å². The van der Waals surface area contributed by atoms with Crippen LogP contribution in [-0.2, 0) is 16.1 Å². The molecule has 1 aromatic heterocycles. The first kappa shape index (κ1) is 16.8. The van der Waals surface area contributed by atoms with Crippen molar-refractivity contribution in [1.82, 2.24) is 9.55 Å². The van der Waals surface area contributed by atoms with Crippen LogP contribution in [0.15, 0.2) is 42.5 Å². The van der Waals surface area contributed by atoms with Crippen molar-refractivity contribution in [3.8, 4) is 0 Å². The van der Waals surface area contributed by atoms with Crippen LogP contribution in [0, 0.1) is 13.8 Å². The lowest BCUT2D eigenvalue weighted by atomic mass is 10.1. The summed E-state index contributed by atoms with van der Waals surface area (Å²) >= 11 is 0. The molecule has 0 radical (unpaired) electrons. The van der Waals surface area contributed by atoms with E-state index < -0.39 is 0 Å². The molecule has 1 saturated heterocycles. The number of amides is 1. The molecule has 134 valence electrons. The quantitative estimate of drug-likeness (QED) is 0.770. The van der Waals surface area contributed by atoms with E-state index in [1.165, 1.54) is 0 Å². The van der Waals surface area contributed by atoms with E-state index in [9.17, 15) is 4.79 Å². The van der Waals surface area contributed by atoms with Crippen molar-refractivity contribution < 1.29 is 9.53 Å². The molecule has 1 atom stereocenters. The maximum atomic E-state index is 12.7. The van der Waals surface area contributed by atoms with Crippen LogP contribution in [0.4, 0.5) is 5.69 Å². The lowest BCUT2D eigenvalue weighted by Crippen LogP contribution is -2.21. The summed E-state index contributed by atoms with van der Waals surface area (Å²) < 4.78 is 7.81. The lowest BCUT2D eigenvalue weighted by molar-refractivity contribution is -0.116. The van der Waals surface area contributed by atoms with Crippen molar-refractivity contribution in [1.29, 1.82) is 0 Å². The molecular weight excluding hydrogens is 326 g/mol. The third-order valence-electron chi connectivity index (χ3n) is 4.71. The van der Waals surface area contributed by atoms with Gasteiger partial charge in [0, 0.05) is 12.3 Å². The number of hydrogen-bond acceptors (Lipinski definition) is 3. The molecule has 26 heavy (non-hydrogen) atoms. The summed E-state index contributed by atoms with van der Waals surface area (Å²) in [4.78, 5) is 17.5. The minimum Gasteiger partial charge on any atom is -0.370 e. The summed E-state index contributed by atoms with van der Waals surface area (Å²) in [7, 11) is 0. The molecule has 1 amide bonds. The van der Waals surface area contributed by atoms with Crippen LogP contribution in [0.2, 0.25) is 0 Å². The summed E-state index contributed by atoms with van der Waals surface area (Å²) in [5.74, 6) is 0.789. The zero-order valence-corrected chi connectivity index (χ0v) is 15.2. The van der Waals surface area contributed by atoms with Gasteiger partial charge in [-0.2, -0.15) is 0 Å². The molecule has 0 bridgehead atoms. The van der Waals surface area contributed by atoms with Gasteiger partial charge in [0.25, 0.3) is 0 Å². The standard InChI is InChI=1S/C21H23N3O2/c1-14-10-15(2)12-16(11-14)22-20(25)13-24-18-7-4-3-6-17(18)23-21(24)19-8-5-9-26-19/h3-4,6-7,10-12,19H,5,8-9,13H2,1-2H3,(H,22,25). The first-order chi connectivity index (χ1) is 12.6. The van der Waals surface area contributed by atoms with Gasteiger partial charge in [0.2, 0.25) is 5.91 Å². The van der Waals surface area contributed by atoms with Crippen LogP contribution in [0.1, 0.15) is 35.9 Å². The molecule has 1 N–H and O–H groups in total. The Labute approximate surface area is 153 Å². The number of carbonyl (C=O) groups excluding carboxylic acids is 1. The molecule has 0 aliphatic carbocycles. The number of imidazole rings is 1. The second kappa shape index (κ2) is 6.92. The molecule has 5 nitrogen and oxygen atoms in total. The van der Waals surface area contributed by atoms with Gasteiger partial charge in [0.1, 0.15) is 18.5 Å². The van der Waals surface area contributed by atoms with E-state index in [4.69, 9.17) is 9.72 Å². The number of nitrogens with zero attached hydrogens (tertiary/aromatic N) is 2. The molecule has 5 heteroatoms. The average Bonchev–Trinajstić information content (AvgIpc) is 3.22. The lowest BCUT2D eigenvalue weighted by Gasteiger charge is -2.14. The molecule has 2 heterocycles. The third-order valence-corrected chi connectivity index (χ3v) is 4.71. The number of hydrogen-bond donors (Lipinski definition) is 1. The second-order valence-electron chi connectivity index (χ2n) is 6.97. The Bertz CT molecular complexity index is 935. The van der Waals surface area contributed by atoms with Gasteiger partial charge < -0.3 is 14.6 Å². The van der Waals surface area contributed by atoms with E-state index in [2.05, 4.69) is 11.4 Å². The van der Waals surface area contributed by atoms with E-state index in [0.29, 0.717) is 0 Å². The molecule has 1 aliphatic heterocycles.